The molecule has 0 spiro atoms. The Labute approximate surface area is 171 Å². The van der Waals surface area contributed by atoms with Crippen molar-refractivity contribution in [3.63, 3.8) is 0 Å². The highest BCUT2D eigenvalue weighted by Gasteiger charge is 2.16. The van der Waals surface area contributed by atoms with Crippen LogP contribution in [-0.4, -0.2) is 31.4 Å². The van der Waals surface area contributed by atoms with Crippen LogP contribution in [0.25, 0.3) is 0 Å². The Hall–Kier alpha value is -2.53. The zero-order valence-corrected chi connectivity index (χ0v) is 16.9. The molecule has 6 heteroatoms. The molecule has 28 heavy (non-hydrogen) atoms. The first-order valence-corrected chi connectivity index (χ1v) is 10.1. The van der Waals surface area contributed by atoms with Gasteiger partial charge >= 0.3 is 0 Å². The normalized spacial score (nSPS) is 13.9. The maximum atomic E-state index is 12.3. The third-order valence-corrected chi connectivity index (χ3v) is 5.30. The van der Waals surface area contributed by atoms with Crippen LogP contribution in [0, 0.1) is 0 Å². The first-order valence-electron chi connectivity index (χ1n) is 9.72. The van der Waals surface area contributed by atoms with Gasteiger partial charge in [-0.25, -0.2) is 0 Å². The van der Waals surface area contributed by atoms with Crippen molar-refractivity contribution in [3.05, 3.63) is 53.6 Å². The van der Waals surface area contributed by atoms with Crippen LogP contribution in [0.15, 0.2) is 48.5 Å². The molecule has 148 valence electrons. The molecule has 1 fully saturated rings. The summed E-state index contributed by atoms with van der Waals surface area (Å²) < 4.78 is 0. The fourth-order valence-electron chi connectivity index (χ4n) is 3.45. The average molecular weight is 400 g/mol. The van der Waals surface area contributed by atoms with Gasteiger partial charge in [0.05, 0.1) is 10.7 Å². The van der Waals surface area contributed by atoms with Crippen molar-refractivity contribution in [2.75, 3.05) is 34.8 Å². The van der Waals surface area contributed by atoms with E-state index in [0.29, 0.717) is 17.3 Å². The SMILES string of the molecule is CC(=O)N(CCC(=O)Nc1ccccc1Cl)c1ccc(N2CCCCC2)cc1. The summed E-state index contributed by atoms with van der Waals surface area (Å²) in [5.41, 5.74) is 2.57. The second-order valence-electron chi connectivity index (χ2n) is 7.01. The van der Waals surface area contributed by atoms with E-state index >= 15 is 0 Å². The topological polar surface area (TPSA) is 52.7 Å². The first kappa shape index (κ1) is 20.2. The van der Waals surface area contributed by atoms with E-state index in [1.807, 2.05) is 24.3 Å². The molecule has 1 saturated heterocycles. The molecule has 0 aromatic heterocycles. The predicted octanol–water partition coefficient (Wildman–Crippen LogP) is 4.71. The number of benzene rings is 2. The number of nitrogens with one attached hydrogen (secondary N) is 1. The lowest BCUT2D eigenvalue weighted by molar-refractivity contribution is -0.117. The number of para-hydroxylation sites is 1. The summed E-state index contributed by atoms with van der Waals surface area (Å²) >= 11 is 6.07. The molecule has 3 rings (SSSR count). The molecule has 1 aliphatic heterocycles. The van der Waals surface area contributed by atoms with Crippen molar-refractivity contribution in [2.45, 2.75) is 32.6 Å². The van der Waals surface area contributed by atoms with E-state index < -0.39 is 0 Å². The Morgan fingerprint density at radius 2 is 1.71 bits per heavy atom. The van der Waals surface area contributed by atoms with Gasteiger partial charge in [0.25, 0.3) is 0 Å². The van der Waals surface area contributed by atoms with Crippen LogP contribution in [0.1, 0.15) is 32.6 Å². The Balaban J connectivity index is 1.60. The van der Waals surface area contributed by atoms with Crippen LogP contribution >= 0.6 is 11.6 Å². The van der Waals surface area contributed by atoms with Crippen LogP contribution in [0.3, 0.4) is 0 Å². The highest BCUT2D eigenvalue weighted by atomic mass is 35.5. The molecular formula is C22H26ClN3O2. The van der Waals surface area contributed by atoms with Crippen molar-refractivity contribution in [1.82, 2.24) is 0 Å². The number of nitrogens with zero attached hydrogens (tertiary/aromatic N) is 2. The molecule has 1 aliphatic rings. The van der Waals surface area contributed by atoms with Crippen molar-refractivity contribution in [3.8, 4) is 0 Å². The molecule has 2 aromatic carbocycles. The number of hydrogen-bond acceptors (Lipinski definition) is 3. The monoisotopic (exact) mass is 399 g/mol. The molecule has 5 nitrogen and oxygen atoms in total. The fraction of sp³-hybridized carbons (Fsp3) is 0.364. The molecule has 0 unspecified atom stereocenters. The van der Waals surface area contributed by atoms with Gasteiger partial charge in [0.1, 0.15) is 0 Å². The van der Waals surface area contributed by atoms with Crippen LogP contribution in [0.5, 0.6) is 0 Å². The van der Waals surface area contributed by atoms with Crippen LogP contribution in [-0.2, 0) is 9.59 Å². The number of carbonyl (C=O) groups is 2. The van der Waals surface area contributed by atoms with Gasteiger partial charge in [0.15, 0.2) is 0 Å². The summed E-state index contributed by atoms with van der Waals surface area (Å²) in [5, 5.41) is 3.29. The second kappa shape index (κ2) is 9.60. The van der Waals surface area contributed by atoms with Crippen molar-refractivity contribution in [1.29, 1.82) is 0 Å². The largest absolute Gasteiger partial charge is 0.372 e. The van der Waals surface area contributed by atoms with Crippen molar-refractivity contribution >= 4 is 40.5 Å². The quantitative estimate of drug-likeness (QED) is 0.765. The number of anilines is 3. The van der Waals surface area contributed by atoms with Crippen LogP contribution < -0.4 is 15.1 Å². The van der Waals surface area contributed by atoms with Gasteiger partial charge in [-0.3, -0.25) is 9.59 Å². The number of amides is 2. The van der Waals surface area contributed by atoms with Gasteiger partial charge < -0.3 is 15.1 Å². The Bertz CT molecular complexity index is 817. The molecular weight excluding hydrogens is 374 g/mol. The number of piperidine rings is 1. The van der Waals surface area contributed by atoms with Gasteiger partial charge in [-0.05, 0) is 55.7 Å². The van der Waals surface area contributed by atoms with E-state index in [-0.39, 0.29) is 18.2 Å². The molecule has 0 atom stereocenters. The number of carbonyl (C=O) groups excluding carboxylic acids is 2. The van der Waals surface area contributed by atoms with Crippen molar-refractivity contribution < 1.29 is 9.59 Å². The summed E-state index contributed by atoms with van der Waals surface area (Å²) in [6.07, 6.45) is 3.94. The highest BCUT2D eigenvalue weighted by Crippen LogP contribution is 2.24. The van der Waals surface area contributed by atoms with Gasteiger partial charge in [0, 0.05) is 44.4 Å². The Morgan fingerprint density at radius 1 is 1.04 bits per heavy atom. The second-order valence-corrected chi connectivity index (χ2v) is 7.42. The summed E-state index contributed by atoms with van der Waals surface area (Å²) in [5.74, 6) is -0.263. The van der Waals surface area contributed by atoms with Crippen LogP contribution in [0.4, 0.5) is 17.1 Å². The average Bonchev–Trinajstić information content (AvgIpc) is 2.71. The van der Waals surface area contributed by atoms with Crippen molar-refractivity contribution in [2.24, 2.45) is 0 Å². The Kier molecular flexibility index (Phi) is 6.93. The van der Waals surface area contributed by atoms with E-state index in [1.54, 1.807) is 17.0 Å². The smallest absolute Gasteiger partial charge is 0.226 e. The minimum atomic E-state index is -0.177. The first-order chi connectivity index (χ1) is 13.5. The van der Waals surface area contributed by atoms with E-state index in [4.69, 9.17) is 11.6 Å². The van der Waals surface area contributed by atoms with Gasteiger partial charge in [-0.1, -0.05) is 23.7 Å². The summed E-state index contributed by atoms with van der Waals surface area (Å²) in [6, 6.07) is 15.1. The molecule has 0 saturated carbocycles. The zero-order chi connectivity index (χ0) is 19.9. The lowest BCUT2D eigenvalue weighted by Gasteiger charge is -2.29. The van der Waals surface area contributed by atoms with E-state index in [9.17, 15) is 9.59 Å². The number of hydrogen-bond donors (Lipinski definition) is 1. The molecule has 1 heterocycles. The van der Waals surface area contributed by atoms with Crippen LogP contribution in [0.2, 0.25) is 5.02 Å². The zero-order valence-electron chi connectivity index (χ0n) is 16.2. The van der Waals surface area contributed by atoms with Gasteiger partial charge in [0.2, 0.25) is 11.8 Å². The minimum absolute atomic E-state index is 0.0868. The molecule has 2 amide bonds. The standard InChI is InChI=1S/C22H26ClN3O2/c1-17(27)26(16-13-22(28)24-21-8-4-3-7-20(21)23)19-11-9-18(10-12-19)25-14-5-2-6-15-25/h3-4,7-12H,2,5-6,13-16H2,1H3,(H,24,28). The summed E-state index contributed by atoms with van der Waals surface area (Å²) in [4.78, 5) is 28.4. The summed E-state index contributed by atoms with van der Waals surface area (Å²) in [6.45, 7) is 4.00. The highest BCUT2D eigenvalue weighted by molar-refractivity contribution is 6.33. The van der Waals surface area contributed by atoms with E-state index in [1.165, 1.54) is 31.9 Å². The van der Waals surface area contributed by atoms with Gasteiger partial charge in [-0.15, -0.1) is 0 Å². The molecule has 0 radical (unpaired) electrons. The van der Waals surface area contributed by atoms with Gasteiger partial charge in [-0.2, -0.15) is 0 Å². The molecule has 2 aromatic rings. The van der Waals surface area contributed by atoms with E-state index in [2.05, 4.69) is 22.3 Å². The maximum Gasteiger partial charge on any atom is 0.226 e. The maximum absolute atomic E-state index is 12.3. The molecule has 0 bridgehead atoms. The molecule has 0 aliphatic carbocycles. The third-order valence-electron chi connectivity index (χ3n) is 4.97. The minimum Gasteiger partial charge on any atom is -0.372 e. The fourth-order valence-corrected chi connectivity index (χ4v) is 3.64. The molecule has 1 N–H and O–H groups in total. The van der Waals surface area contributed by atoms with E-state index in [0.717, 1.165) is 18.8 Å². The predicted molar refractivity (Wildman–Crippen MR) is 115 cm³/mol. The lowest BCUT2D eigenvalue weighted by atomic mass is 10.1. The number of rotatable bonds is 6. The summed E-state index contributed by atoms with van der Waals surface area (Å²) in [7, 11) is 0. The lowest BCUT2D eigenvalue weighted by Crippen LogP contribution is -2.32. The Morgan fingerprint density at radius 3 is 2.36 bits per heavy atom. The third kappa shape index (κ3) is 5.26. The number of halogens is 1.